The summed E-state index contributed by atoms with van der Waals surface area (Å²) in [5.74, 6) is -0.123. The number of nitrogens with zero attached hydrogens (tertiary/aromatic N) is 4. The molecule has 0 aliphatic rings. The lowest BCUT2D eigenvalue weighted by Crippen LogP contribution is -2.21. The van der Waals surface area contributed by atoms with Crippen molar-refractivity contribution in [1.82, 2.24) is 19.5 Å². The highest BCUT2D eigenvalue weighted by Gasteiger charge is 2.18. The second-order valence-corrected chi connectivity index (χ2v) is 5.95. The van der Waals surface area contributed by atoms with Gasteiger partial charge in [0, 0.05) is 35.9 Å². The van der Waals surface area contributed by atoms with Crippen LogP contribution < -0.4 is 5.43 Å². The average Bonchev–Trinajstić information content (AvgIpc) is 2.61. The average molecular weight is 352 g/mol. The van der Waals surface area contributed by atoms with Crippen molar-refractivity contribution in [2.45, 2.75) is 34.2 Å². The standard InChI is InChI=1S/C19H20N4O3/c1-5-23-10-15(19(25)26-6-2)16(24)14-9-20-17(22-18(14)23)13-7-11(3)21-12(4)8-13/h7-10H,5-6H2,1-4H3. The van der Waals surface area contributed by atoms with Gasteiger partial charge < -0.3 is 9.30 Å². The SMILES string of the molecule is CCOC(=O)c1cn(CC)c2nc(-c3cc(C)nc(C)c3)ncc2c1=O. The third-order valence-corrected chi connectivity index (χ3v) is 3.99. The Morgan fingerprint density at radius 2 is 1.85 bits per heavy atom. The molecule has 0 aliphatic carbocycles. The maximum Gasteiger partial charge on any atom is 0.343 e. The maximum absolute atomic E-state index is 12.7. The predicted molar refractivity (Wildman–Crippen MR) is 98.1 cm³/mol. The maximum atomic E-state index is 12.7. The van der Waals surface area contributed by atoms with Crippen molar-refractivity contribution >= 4 is 17.0 Å². The van der Waals surface area contributed by atoms with Crippen LogP contribution in [-0.4, -0.2) is 32.1 Å². The van der Waals surface area contributed by atoms with E-state index in [1.165, 1.54) is 12.4 Å². The molecule has 0 aliphatic heterocycles. The molecule has 0 spiro atoms. The predicted octanol–water partition coefficient (Wildman–Crippen LogP) is 2.67. The lowest BCUT2D eigenvalue weighted by atomic mass is 10.1. The Balaban J connectivity index is 2.23. The molecule has 0 fully saturated rings. The van der Waals surface area contributed by atoms with E-state index in [0.29, 0.717) is 23.4 Å². The molecule has 7 heteroatoms. The zero-order chi connectivity index (χ0) is 18.8. The number of pyridine rings is 2. The number of rotatable bonds is 4. The quantitative estimate of drug-likeness (QED) is 0.671. The molecule has 26 heavy (non-hydrogen) atoms. The summed E-state index contributed by atoms with van der Waals surface area (Å²) in [5, 5.41) is 0.295. The molecular formula is C19H20N4O3. The van der Waals surface area contributed by atoms with Crippen molar-refractivity contribution in [3.63, 3.8) is 0 Å². The number of carbonyl (C=O) groups excluding carboxylic acids is 1. The van der Waals surface area contributed by atoms with E-state index in [1.54, 1.807) is 11.5 Å². The molecule has 3 aromatic heterocycles. The van der Waals surface area contributed by atoms with Gasteiger partial charge in [-0.3, -0.25) is 9.78 Å². The molecule has 3 rings (SSSR count). The summed E-state index contributed by atoms with van der Waals surface area (Å²) in [7, 11) is 0. The largest absolute Gasteiger partial charge is 0.462 e. The third-order valence-electron chi connectivity index (χ3n) is 3.99. The first-order valence-electron chi connectivity index (χ1n) is 8.47. The van der Waals surface area contributed by atoms with Crippen LogP contribution in [0.4, 0.5) is 0 Å². The van der Waals surface area contributed by atoms with Gasteiger partial charge in [-0.05, 0) is 39.8 Å². The molecule has 0 amide bonds. The normalized spacial score (nSPS) is 10.9. The molecule has 0 radical (unpaired) electrons. The second kappa shape index (κ2) is 7.03. The summed E-state index contributed by atoms with van der Waals surface area (Å²) in [5.41, 5.74) is 2.64. The Morgan fingerprint density at radius 3 is 2.46 bits per heavy atom. The highest BCUT2D eigenvalue weighted by atomic mass is 16.5. The Labute approximate surface area is 150 Å². The van der Waals surface area contributed by atoms with Crippen LogP contribution >= 0.6 is 0 Å². The van der Waals surface area contributed by atoms with Crippen molar-refractivity contribution in [2.24, 2.45) is 0 Å². The van der Waals surface area contributed by atoms with Crippen LogP contribution in [0.5, 0.6) is 0 Å². The van der Waals surface area contributed by atoms with Gasteiger partial charge in [0.1, 0.15) is 11.2 Å². The van der Waals surface area contributed by atoms with E-state index in [9.17, 15) is 9.59 Å². The summed E-state index contributed by atoms with van der Waals surface area (Å²) in [4.78, 5) is 38.0. The molecule has 0 unspecified atom stereocenters. The molecule has 0 saturated heterocycles. The Morgan fingerprint density at radius 1 is 1.15 bits per heavy atom. The van der Waals surface area contributed by atoms with Gasteiger partial charge in [-0.1, -0.05) is 0 Å². The first-order chi connectivity index (χ1) is 12.4. The van der Waals surface area contributed by atoms with Crippen LogP contribution in [0.1, 0.15) is 35.6 Å². The highest BCUT2D eigenvalue weighted by Crippen LogP contribution is 2.19. The van der Waals surface area contributed by atoms with Crippen molar-refractivity contribution < 1.29 is 9.53 Å². The van der Waals surface area contributed by atoms with Crippen molar-refractivity contribution in [2.75, 3.05) is 6.61 Å². The summed E-state index contributed by atoms with van der Waals surface area (Å²) in [6.07, 6.45) is 2.97. The number of hydrogen-bond acceptors (Lipinski definition) is 6. The van der Waals surface area contributed by atoms with Crippen molar-refractivity contribution in [1.29, 1.82) is 0 Å². The smallest absolute Gasteiger partial charge is 0.343 e. The lowest BCUT2D eigenvalue weighted by molar-refractivity contribution is 0.0524. The molecule has 3 aromatic rings. The first-order valence-corrected chi connectivity index (χ1v) is 8.47. The fourth-order valence-electron chi connectivity index (χ4n) is 2.87. The van der Waals surface area contributed by atoms with E-state index in [-0.39, 0.29) is 12.2 Å². The third kappa shape index (κ3) is 3.20. The van der Waals surface area contributed by atoms with Gasteiger partial charge in [0.15, 0.2) is 5.82 Å². The molecule has 7 nitrogen and oxygen atoms in total. The number of fused-ring (bicyclic) bond motifs is 1. The Kier molecular flexibility index (Phi) is 4.79. The molecular weight excluding hydrogens is 332 g/mol. The Bertz CT molecular complexity index is 1040. The Hall–Kier alpha value is -3.09. The van der Waals surface area contributed by atoms with Crippen molar-refractivity contribution in [3.05, 3.63) is 51.7 Å². The molecule has 3 heterocycles. The summed E-state index contributed by atoms with van der Waals surface area (Å²) < 4.78 is 6.74. The number of hydrogen-bond donors (Lipinski definition) is 0. The fraction of sp³-hybridized carbons (Fsp3) is 0.316. The van der Waals surface area contributed by atoms with Crippen LogP contribution in [0.3, 0.4) is 0 Å². The van der Waals surface area contributed by atoms with E-state index in [2.05, 4.69) is 15.0 Å². The van der Waals surface area contributed by atoms with E-state index in [1.807, 2.05) is 32.9 Å². The summed E-state index contributed by atoms with van der Waals surface area (Å²) >= 11 is 0. The minimum atomic E-state index is -0.633. The van der Waals surface area contributed by atoms with Crippen LogP contribution in [-0.2, 0) is 11.3 Å². The second-order valence-electron chi connectivity index (χ2n) is 5.95. The minimum Gasteiger partial charge on any atom is -0.462 e. The van der Waals surface area contributed by atoms with Gasteiger partial charge in [0.25, 0.3) is 0 Å². The van der Waals surface area contributed by atoms with Crippen LogP contribution in [0.15, 0.2) is 29.3 Å². The lowest BCUT2D eigenvalue weighted by Gasteiger charge is -2.11. The number of esters is 1. The van der Waals surface area contributed by atoms with E-state index in [4.69, 9.17) is 4.74 Å². The van der Waals surface area contributed by atoms with Gasteiger partial charge >= 0.3 is 5.97 Å². The molecule has 0 atom stereocenters. The minimum absolute atomic E-state index is 0.00634. The van der Waals surface area contributed by atoms with E-state index >= 15 is 0 Å². The molecule has 0 saturated carbocycles. The summed E-state index contributed by atoms with van der Waals surface area (Å²) in [6, 6.07) is 3.80. The zero-order valence-corrected chi connectivity index (χ0v) is 15.2. The highest BCUT2D eigenvalue weighted by molar-refractivity contribution is 5.93. The van der Waals surface area contributed by atoms with E-state index in [0.717, 1.165) is 17.0 Å². The van der Waals surface area contributed by atoms with Gasteiger partial charge in [-0.25, -0.2) is 14.8 Å². The van der Waals surface area contributed by atoms with Crippen LogP contribution in [0.25, 0.3) is 22.4 Å². The van der Waals surface area contributed by atoms with Crippen LogP contribution in [0, 0.1) is 13.8 Å². The zero-order valence-electron chi connectivity index (χ0n) is 15.2. The van der Waals surface area contributed by atoms with Gasteiger partial charge in [0.05, 0.1) is 12.0 Å². The van der Waals surface area contributed by atoms with Gasteiger partial charge in [0.2, 0.25) is 5.43 Å². The van der Waals surface area contributed by atoms with E-state index < -0.39 is 11.4 Å². The van der Waals surface area contributed by atoms with Crippen molar-refractivity contribution in [3.8, 4) is 11.4 Å². The molecule has 0 aromatic carbocycles. The fourth-order valence-corrected chi connectivity index (χ4v) is 2.87. The van der Waals surface area contributed by atoms with Crippen LogP contribution in [0.2, 0.25) is 0 Å². The molecule has 0 N–H and O–H groups in total. The number of aromatic nitrogens is 4. The summed E-state index contributed by atoms with van der Waals surface area (Å²) in [6.45, 7) is 8.19. The monoisotopic (exact) mass is 352 g/mol. The first kappa shape index (κ1) is 17.7. The topological polar surface area (TPSA) is 87.0 Å². The molecule has 134 valence electrons. The van der Waals surface area contributed by atoms with Gasteiger partial charge in [-0.15, -0.1) is 0 Å². The van der Waals surface area contributed by atoms with Gasteiger partial charge in [-0.2, -0.15) is 0 Å². The number of carbonyl (C=O) groups is 1. The molecule has 0 bridgehead atoms. The number of ether oxygens (including phenoxy) is 1. The number of aryl methyl sites for hydroxylation is 3.